The van der Waals surface area contributed by atoms with Gasteiger partial charge in [0.1, 0.15) is 24.2 Å². The first-order chi connectivity index (χ1) is 12.2. The zero-order chi connectivity index (χ0) is 17.3. The Morgan fingerprint density at radius 2 is 1.92 bits per heavy atom. The van der Waals surface area contributed by atoms with Crippen molar-refractivity contribution in [3.8, 4) is 0 Å². The summed E-state index contributed by atoms with van der Waals surface area (Å²) < 4.78 is 7.44. The maximum absolute atomic E-state index is 13.0. The van der Waals surface area contributed by atoms with E-state index in [1.807, 2.05) is 54.6 Å². The normalized spacial score (nSPS) is 22.8. The third-order valence-corrected chi connectivity index (χ3v) is 4.89. The molecular formula is C19H16ClN3O2. The zero-order valence-corrected chi connectivity index (χ0v) is 14.1. The molecule has 1 aliphatic rings. The lowest BCUT2D eigenvalue weighted by Crippen LogP contribution is -2.36. The summed E-state index contributed by atoms with van der Waals surface area (Å²) in [5.74, 6) is -0.242. The van der Waals surface area contributed by atoms with E-state index in [9.17, 15) is 4.79 Å². The number of carbonyl (C=O) groups excluding carboxylic acids is 1. The van der Waals surface area contributed by atoms with Gasteiger partial charge >= 0.3 is 5.97 Å². The van der Waals surface area contributed by atoms with Crippen molar-refractivity contribution in [1.82, 2.24) is 14.8 Å². The van der Waals surface area contributed by atoms with Crippen molar-refractivity contribution in [3.63, 3.8) is 0 Å². The Hall–Kier alpha value is -2.66. The Morgan fingerprint density at radius 3 is 2.60 bits per heavy atom. The van der Waals surface area contributed by atoms with Crippen LogP contribution in [0.4, 0.5) is 0 Å². The summed E-state index contributed by atoms with van der Waals surface area (Å²) in [5.41, 5.74) is 1.07. The summed E-state index contributed by atoms with van der Waals surface area (Å²) in [6, 6.07) is 17.1. The predicted molar refractivity (Wildman–Crippen MR) is 93.0 cm³/mol. The summed E-state index contributed by atoms with van der Waals surface area (Å²) in [7, 11) is 0. The van der Waals surface area contributed by atoms with Crippen LogP contribution in [0.3, 0.4) is 0 Å². The molecule has 0 N–H and O–H groups in total. The molecule has 126 valence electrons. The van der Waals surface area contributed by atoms with Crippen molar-refractivity contribution in [2.24, 2.45) is 0 Å². The zero-order valence-electron chi connectivity index (χ0n) is 13.4. The lowest BCUT2D eigenvalue weighted by molar-refractivity contribution is -0.146. The van der Waals surface area contributed by atoms with Crippen molar-refractivity contribution in [3.05, 3.63) is 83.4 Å². The van der Waals surface area contributed by atoms with E-state index in [0.717, 1.165) is 11.1 Å². The Morgan fingerprint density at radius 1 is 1.16 bits per heavy atom. The SMILES string of the molecule is O=C1O[C@@H](c2ccc(Cl)cc2)C[C@]1(Cn1cncn1)c1ccccc1. The van der Waals surface area contributed by atoms with Gasteiger partial charge in [0.2, 0.25) is 0 Å². The highest BCUT2D eigenvalue weighted by molar-refractivity contribution is 6.30. The highest BCUT2D eigenvalue weighted by Crippen LogP contribution is 2.45. The summed E-state index contributed by atoms with van der Waals surface area (Å²) in [5, 5.41) is 4.83. The first-order valence-corrected chi connectivity index (χ1v) is 8.40. The fraction of sp³-hybridized carbons (Fsp3) is 0.211. The second-order valence-corrected chi connectivity index (χ2v) is 6.63. The van der Waals surface area contributed by atoms with E-state index in [1.54, 1.807) is 11.0 Å². The number of ether oxygens (including phenoxy) is 1. The van der Waals surface area contributed by atoms with Crippen LogP contribution in [-0.2, 0) is 21.5 Å². The first-order valence-electron chi connectivity index (χ1n) is 8.02. The van der Waals surface area contributed by atoms with Crippen molar-refractivity contribution in [2.75, 3.05) is 0 Å². The van der Waals surface area contributed by atoms with Crippen molar-refractivity contribution in [1.29, 1.82) is 0 Å². The van der Waals surface area contributed by atoms with Gasteiger partial charge in [0, 0.05) is 11.4 Å². The second kappa shape index (κ2) is 6.33. The van der Waals surface area contributed by atoms with E-state index in [1.165, 1.54) is 6.33 Å². The average Bonchev–Trinajstić information content (AvgIpc) is 3.26. The molecule has 0 bridgehead atoms. The van der Waals surface area contributed by atoms with E-state index in [0.29, 0.717) is 18.0 Å². The minimum atomic E-state index is -0.792. The van der Waals surface area contributed by atoms with Crippen LogP contribution in [0, 0.1) is 0 Å². The van der Waals surface area contributed by atoms with Gasteiger partial charge in [-0.25, -0.2) is 4.98 Å². The topological polar surface area (TPSA) is 57.0 Å². The molecular weight excluding hydrogens is 338 g/mol. The fourth-order valence-corrected chi connectivity index (χ4v) is 3.48. The van der Waals surface area contributed by atoms with Crippen LogP contribution < -0.4 is 0 Å². The van der Waals surface area contributed by atoms with E-state index < -0.39 is 5.41 Å². The molecule has 5 nitrogen and oxygen atoms in total. The largest absolute Gasteiger partial charge is 0.457 e. The molecule has 0 aliphatic carbocycles. The van der Waals surface area contributed by atoms with E-state index in [4.69, 9.17) is 16.3 Å². The number of benzene rings is 2. The molecule has 0 unspecified atom stereocenters. The fourth-order valence-electron chi connectivity index (χ4n) is 3.35. The lowest BCUT2D eigenvalue weighted by Gasteiger charge is -2.25. The maximum Gasteiger partial charge on any atom is 0.319 e. The predicted octanol–water partition coefficient (Wildman–Crippen LogP) is 3.56. The highest BCUT2D eigenvalue weighted by atomic mass is 35.5. The van der Waals surface area contributed by atoms with Gasteiger partial charge in [-0.3, -0.25) is 9.48 Å². The third-order valence-electron chi connectivity index (χ3n) is 4.64. The number of nitrogens with zero attached hydrogens (tertiary/aromatic N) is 3. The molecule has 4 rings (SSSR count). The van der Waals surface area contributed by atoms with Crippen LogP contribution in [0.15, 0.2) is 67.3 Å². The van der Waals surface area contributed by atoms with Crippen LogP contribution in [0.2, 0.25) is 5.02 Å². The molecule has 0 radical (unpaired) electrons. The molecule has 1 saturated heterocycles. The lowest BCUT2D eigenvalue weighted by atomic mass is 9.77. The van der Waals surface area contributed by atoms with Gasteiger partial charge < -0.3 is 4.74 Å². The molecule has 0 spiro atoms. The quantitative estimate of drug-likeness (QED) is 0.673. The minimum Gasteiger partial charge on any atom is -0.457 e. The van der Waals surface area contributed by atoms with Crippen LogP contribution in [0.5, 0.6) is 0 Å². The number of halogens is 1. The number of carbonyl (C=O) groups is 1. The number of cyclic esters (lactones) is 1. The van der Waals surface area contributed by atoms with Gasteiger partial charge in [-0.2, -0.15) is 5.10 Å². The summed E-state index contributed by atoms with van der Waals surface area (Å²) in [4.78, 5) is 16.9. The molecule has 6 heteroatoms. The van der Waals surface area contributed by atoms with Gasteiger partial charge in [-0.05, 0) is 23.3 Å². The van der Waals surface area contributed by atoms with Gasteiger partial charge in [0.15, 0.2) is 0 Å². The molecule has 1 aliphatic heterocycles. The van der Waals surface area contributed by atoms with Gasteiger partial charge in [0.25, 0.3) is 0 Å². The average molecular weight is 354 g/mol. The van der Waals surface area contributed by atoms with Gasteiger partial charge in [-0.15, -0.1) is 0 Å². The summed E-state index contributed by atoms with van der Waals surface area (Å²) in [6.07, 6.45) is 3.31. The number of rotatable bonds is 4. The van der Waals surface area contributed by atoms with E-state index in [2.05, 4.69) is 10.1 Å². The van der Waals surface area contributed by atoms with Crippen LogP contribution in [0.1, 0.15) is 23.7 Å². The smallest absolute Gasteiger partial charge is 0.319 e. The Labute approximate surface area is 150 Å². The van der Waals surface area contributed by atoms with E-state index in [-0.39, 0.29) is 12.1 Å². The van der Waals surface area contributed by atoms with Crippen molar-refractivity contribution < 1.29 is 9.53 Å². The molecule has 25 heavy (non-hydrogen) atoms. The number of hydrogen-bond donors (Lipinski definition) is 0. The second-order valence-electron chi connectivity index (χ2n) is 6.19. The van der Waals surface area contributed by atoms with Crippen molar-refractivity contribution in [2.45, 2.75) is 24.5 Å². The molecule has 0 saturated carbocycles. The van der Waals surface area contributed by atoms with Gasteiger partial charge in [0.05, 0.1) is 6.54 Å². The molecule has 1 fully saturated rings. The summed E-state index contributed by atoms with van der Waals surface area (Å²) in [6.45, 7) is 0.389. The highest BCUT2D eigenvalue weighted by Gasteiger charge is 2.51. The molecule has 0 amide bonds. The maximum atomic E-state index is 13.0. The van der Waals surface area contributed by atoms with E-state index >= 15 is 0 Å². The number of hydrogen-bond acceptors (Lipinski definition) is 4. The van der Waals surface area contributed by atoms with Crippen molar-refractivity contribution >= 4 is 17.6 Å². The van der Waals surface area contributed by atoms with Crippen LogP contribution in [0.25, 0.3) is 0 Å². The Kier molecular flexibility index (Phi) is 4.01. The molecule has 3 aromatic rings. The van der Waals surface area contributed by atoms with Crippen LogP contribution in [-0.4, -0.2) is 20.7 Å². The molecule has 2 atom stereocenters. The Balaban J connectivity index is 1.73. The molecule has 2 heterocycles. The monoisotopic (exact) mass is 353 g/mol. The van der Waals surface area contributed by atoms with Crippen LogP contribution >= 0.6 is 11.6 Å². The van der Waals surface area contributed by atoms with Gasteiger partial charge in [-0.1, -0.05) is 54.1 Å². The Bertz CT molecular complexity index is 865. The first kappa shape index (κ1) is 15.8. The standard InChI is InChI=1S/C19H16ClN3O2/c20-16-8-6-14(7-9-16)17-10-19(18(24)25-17,11-23-13-21-12-22-23)15-4-2-1-3-5-15/h1-9,12-13,17H,10-11H2/t17-,19+/m1/s1. The molecule has 2 aromatic carbocycles. The number of aromatic nitrogens is 3. The summed E-state index contributed by atoms with van der Waals surface area (Å²) >= 11 is 5.97. The minimum absolute atomic E-state index is 0.242. The number of esters is 1. The third kappa shape index (κ3) is 2.91. The molecule has 1 aromatic heterocycles.